The summed E-state index contributed by atoms with van der Waals surface area (Å²) in [7, 11) is 1.46. The average Bonchev–Trinajstić information content (AvgIpc) is 2.78. The van der Waals surface area contributed by atoms with Gasteiger partial charge in [-0.05, 0) is 30.3 Å². The van der Waals surface area contributed by atoms with Gasteiger partial charge in [-0.15, -0.1) is 0 Å². The molecule has 0 radical (unpaired) electrons. The Morgan fingerprint density at radius 2 is 1.81 bits per heavy atom. The molecule has 2 heterocycles. The van der Waals surface area contributed by atoms with Crippen molar-refractivity contribution < 1.29 is 14.5 Å². The number of aromatic nitrogens is 2. The Kier molecular flexibility index (Phi) is 5.72. The molecule has 1 aromatic heterocycles. The first-order valence-electron chi connectivity index (χ1n) is 9.51. The van der Waals surface area contributed by atoms with Crippen molar-refractivity contribution in [2.75, 3.05) is 43.5 Å². The first-order chi connectivity index (χ1) is 14.9. The van der Waals surface area contributed by atoms with Crippen molar-refractivity contribution in [3.63, 3.8) is 0 Å². The molecule has 3 aromatic rings. The topological polar surface area (TPSA) is 114 Å². The number of nitro groups is 1. The highest BCUT2D eigenvalue weighted by Gasteiger charge is 2.23. The molecule has 10 nitrogen and oxygen atoms in total. The lowest BCUT2D eigenvalue weighted by Gasteiger charge is -2.36. The fraction of sp³-hybridized carbons (Fsp3) is 0.250. The molecule has 0 unspecified atom stereocenters. The number of benzene rings is 2. The van der Waals surface area contributed by atoms with Gasteiger partial charge in [-0.3, -0.25) is 15.4 Å². The van der Waals surface area contributed by atoms with Crippen LogP contribution in [-0.4, -0.2) is 59.1 Å². The van der Waals surface area contributed by atoms with Crippen molar-refractivity contribution in [3.05, 3.63) is 57.6 Å². The number of carbonyl (C=O) groups excluding carboxylic acids is 1. The molecule has 1 saturated heterocycles. The maximum atomic E-state index is 12.8. The summed E-state index contributed by atoms with van der Waals surface area (Å²) >= 11 is 6.03. The van der Waals surface area contributed by atoms with Crippen molar-refractivity contribution in [3.8, 4) is 5.88 Å². The van der Waals surface area contributed by atoms with Crippen molar-refractivity contribution in [1.82, 2.24) is 14.9 Å². The molecule has 0 bridgehead atoms. The van der Waals surface area contributed by atoms with Crippen LogP contribution >= 0.6 is 11.6 Å². The zero-order valence-corrected chi connectivity index (χ0v) is 17.4. The number of fused-ring (bicyclic) bond motifs is 1. The van der Waals surface area contributed by atoms with Gasteiger partial charge in [0, 0.05) is 49.0 Å². The van der Waals surface area contributed by atoms with E-state index in [1.807, 2.05) is 0 Å². The molecule has 2 amide bonds. The highest BCUT2D eigenvalue weighted by molar-refractivity contribution is 6.31. The zero-order valence-electron chi connectivity index (χ0n) is 16.6. The first kappa shape index (κ1) is 20.6. The number of non-ortho nitro benzene ring substituents is 1. The minimum atomic E-state index is -0.427. The number of nitrogens with one attached hydrogen (secondary N) is 1. The van der Waals surface area contributed by atoms with E-state index >= 15 is 0 Å². The summed E-state index contributed by atoms with van der Waals surface area (Å²) in [4.78, 5) is 35.7. The average molecular weight is 443 g/mol. The summed E-state index contributed by atoms with van der Waals surface area (Å²) in [6.45, 7) is 2.17. The molecule has 4 rings (SSSR count). The number of ether oxygens (including phenoxy) is 1. The van der Waals surface area contributed by atoms with E-state index in [0.717, 1.165) is 5.69 Å². The first-order valence-corrected chi connectivity index (χ1v) is 9.89. The second-order valence-electron chi connectivity index (χ2n) is 6.89. The van der Waals surface area contributed by atoms with Gasteiger partial charge in [0.25, 0.3) is 11.6 Å². The number of nitro benzene ring substituents is 1. The van der Waals surface area contributed by atoms with Gasteiger partial charge >= 0.3 is 6.03 Å². The normalized spacial score (nSPS) is 13.9. The summed E-state index contributed by atoms with van der Waals surface area (Å²) in [5.74, 6) is 0.438. The zero-order chi connectivity index (χ0) is 22.0. The Labute approximate surface area is 182 Å². The van der Waals surface area contributed by atoms with Crippen LogP contribution in [0.25, 0.3) is 11.0 Å². The van der Waals surface area contributed by atoms with E-state index in [2.05, 4.69) is 20.2 Å². The van der Waals surface area contributed by atoms with Crippen LogP contribution in [-0.2, 0) is 0 Å². The summed E-state index contributed by atoms with van der Waals surface area (Å²) in [6.07, 6.45) is 0. The van der Waals surface area contributed by atoms with Crippen LogP contribution in [0, 0.1) is 10.1 Å². The Morgan fingerprint density at radius 3 is 2.45 bits per heavy atom. The molecule has 2 aromatic carbocycles. The van der Waals surface area contributed by atoms with Crippen molar-refractivity contribution in [1.29, 1.82) is 0 Å². The minimum Gasteiger partial charge on any atom is -0.478 e. The second kappa shape index (κ2) is 8.60. The Morgan fingerprint density at radius 1 is 1.10 bits per heavy atom. The van der Waals surface area contributed by atoms with Crippen molar-refractivity contribution >= 4 is 45.9 Å². The smallest absolute Gasteiger partial charge is 0.323 e. The second-order valence-corrected chi connectivity index (χ2v) is 7.33. The van der Waals surface area contributed by atoms with Crippen LogP contribution in [0.15, 0.2) is 42.5 Å². The van der Waals surface area contributed by atoms with Crippen LogP contribution in [0.5, 0.6) is 5.88 Å². The summed E-state index contributed by atoms with van der Waals surface area (Å²) in [5.41, 5.74) is 2.08. The number of piperazine rings is 1. The third-order valence-electron chi connectivity index (χ3n) is 5.01. The number of urea groups is 1. The van der Waals surface area contributed by atoms with Gasteiger partial charge in [0.05, 0.1) is 23.1 Å². The van der Waals surface area contributed by atoms with E-state index in [1.165, 1.54) is 19.2 Å². The van der Waals surface area contributed by atoms with Crippen LogP contribution < -0.4 is 15.0 Å². The molecule has 0 spiro atoms. The molecule has 1 N–H and O–H groups in total. The maximum absolute atomic E-state index is 12.8. The number of hydrogen-bond acceptors (Lipinski definition) is 7. The number of halogens is 1. The quantitative estimate of drug-likeness (QED) is 0.485. The lowest BCUT2D eigenvalue weighted by Crippen LogP contribution is -2.50. The van der Waals surface area contributed by atoms with E-state index in [9.17, 15) is 14.9 Å². The highest BCUT2D eigenvalue weighted by Crippen LogP contribution is 2.26. The standard InChI is InChI=1S/C20H19ClN6O4/c1-31-19-18(22-17-12-13(21)2-7-16(17)23-19)24-20(28)26-10-8-25(9-11-26)14-3-5-15(6-4-14)27(29)30/h2-7,12H,8-11H2,1H3,(H,22,24,28). The Bertz CT molecular complexity index is 1130. The molecule has 0 atom stereocenters. The van der Waals surface area contributed by atoms with E-state index < -0.39 is 4.92 Å². The predicted octanol–water partition coefficient (Wildman–Crippen LogP) is 3.55. The van der Waals surface area contributed by atoms with Crippen LogP contribution in [0.4, 0.5) is 22.0 Å². The van der Waals surface area contributed by atoms with Crippen molar-refractivity contribution in [2.45, 2.75) is 0 Å². The fourth-order valence-corrected chi connectivity index (χ4v) is 3.53. The number of methoxy groups -OCH3 is 1. The number of carbonyl (C=O) groups is 1. The van der Waals surface area contributed by atoms with E-state index in [1.54, 1.807) is 35.2 Å². The Balaban J connectivity index is 1.42. The molecule has 1 fully saturated rings. The van der Waals surface area contributed by atoms with Crippen LogP contribution in [0.3, 0.4) is 0 Å². The third-order valence-corrected chi connectivity index (χ3v) is 5.24. The van der Waals surface area contributed by atoms with Crippen LogP contribution in [0.2, 0.25) is 5.02 Å². The molecule has 0 saturated carbocycles. The molecule has 0 aliphatic carbocycles. The van der Waals surface area contributed by atoms with Gasteiger partial charge in [0.15, 0.2) is 5.82 Å². The largest absolute Gasteiger partial charge is 0.478 e. The summed E-state index contributed by atoms with van der Waals surface area (Å²) < 4.78 is 5.28. The molecule has 11 heteroatoms. The molecule has 31 heavy (non-hydrogen) atoms. The number of rotatable bonds is 4. The minimum absolute atomic E-state index is 0.0495. The Hall–Kier alpha value is -3.66. The van der Waals surface area contributed by atoms with Gasteiger partial charge in [0.2, 0.25) is 0 Å². The predicted molar refractivity (Wildman–Crippen MR) is 117 cm³/mol. The number of anilines is 2. The SMILES string of the molecule is COc1nc2ccc(Cl)cc2nc1NC(=O)N1CCN(c2ccc([N+](=O)[O-])cc2)CC1. The summed E-state index contributed by atoms with van der Waals surface area (Å²) in [6, 6.07) is 11.2. The van der Waals surface area contributed by atoms with Gasteiger partial charge in [-0.2, -0.15) is 0 Å². The van der Waals surface area contributed by atoms with Crippen molar-refractivity contribution in [2.24, 2.45) is 0 Å². The van der Waals surface area contributed by atoms with Gasteiger partial charge in [0.1, 0.15) is 0 Å². The number of hydrogen-bond donors (Lipinski definition) is 1. The van der Waals surface area contributed by atoms with E-state index in [4.69, 9.17) is 16.3 Å². The van der Waals surface area contributed by atoms with Gasteiger partial charge < -0.3 is 14.5 Å². The number of nitrogens with zero attached hydrogens (tertiary/aromatic N) is 5. The van der Waals surface area contributed by atoms with E-state index in [-0.39, 0.29) is 23.4 Å². The number of amides is 2. The fourth-order valence-electron chi connectivity index (χ4n) is 3.37. The highest BCUT2D eigenvalue weighted by atomic mass is 35.5. The molecular formula is C20H19ClN6O4. The van der Waals surface area contributed by atoms with Gasteiger partial charge in [-0.1, -0.05) is 11.6 Å². The van der Waals surface area contributed by atoms with Gasteiger partial charge in [-0.25, -0.2) is 14.8 Å². The molecule has 1 aliphatic rings. The lowest BCUT2D eigenvalue weighted by molar-refractivity contribution is -0.384. The lowest BCUT2D eigenvalue weighted by atomic mass is 10.2. The maximum Gasteiger partial charge on any atom is 0.323 e. The molecule has 1 aliphatic heterocycles. The van der Waals surface area contributed by atoms with E-state index in [0.29, 0.717) is 42.2 Å². The van der Waals surface area contributed by atoms with Crippen LogP contribution in [0.1, 0.15) is 0 Å². The monoisotopic (exact) mass is 442 g/mol. The third kappa shape index (κ3) is 4.43. The molecule has 160 valence electrons. The molecular weight excluding hydrogens is 424 g/mol. The summed E-state index contributed by atoms with van der Waals surface area (Å²) in [5, 5.41) is 14.1.